The van der Waals surface area contributed by atoms with Crippen molar-refractivity contribution in [2.75, 3.05) is 6.61 Å². The molecule has 2 saturated heterocycles. The molecule has 0 aromatic carbocycles. The zero-order valence-corrected chi connectivity index (χ0v) is 14.7. The third kappa shape index (κ3) is 2.44. The topological polar surface area (TPSA) is 40.6 Å². The summed E-state index contributed by atoms with van der Waals surface area (Å²) in [4.78, 5) is 4.93. The molecule has 2 aliphatic heterocycles. The Kier molecular flexibility index (Phi) is 3.46. The fraction of sp³-hybridized carbons (Fsp3) is 0.812. The van der Waals surface area contributed by atoms with Gasteiger partial charge >= 0.3 is 7.12 Å². The van der Waals surface area contributed by atoms with Crippen molar-refractivity contribution in [3.8, 4) is 0 Å². The van der Waals surface area contributed by atoms with Gasteiger partial charge in [-0.1, -0.05) is 0 Å². The number of hydrogen-bond acceptors (Lipinski definition) is 5. The largest absolute Gasteiger partial charge is 0.507 e. The van der Waals surface area contributed by atoms with E-state index < -0.39 is 0 Å². The van der Waals surface area contributed by atoms with E-state index in [1.807, 2.05) is 0 Å². The average molecular weight is 321 g/mol. The zero-order valence-electron chi connectivity index (χ0n) is 13.8. The molecule has 4 nitrogen and oxygen atoms in total. The van der Waals surface area contributed by atoms with Crippen molar-refractivity contribution in [2.45, 2.75) is 76.6 Å². The SMILES string of the molecule is CC1(C)OB(c2sc(C3CCCO3)nc2C2CC2)OC1(C)C. The molecule has 3 fully saturated rings. The third-order valence-electron chi connectivity index (χ3n) is 5.33. The second-order valence-corrected chi connectivity index (χ2v) is 8.73. The van der Waals surface area contributed by atoms with Gasteiger partial charge in [0.25, 0.3) is 0 Å². The first-order chi connectivity index (χ1) is 10.4. The van der Waals surface area contributed by atoms with E-state index in [4.69, 9.17) is 19.0 Å². The molecule has 0 bridgehead atoms. The highest BCUT2D eigenvalue weighted by atomic mass is 32.1. The summed E-state index contributed by atoms with van der Waals surface area (Å²) < 4.78 is 19.5. The summed E-state index contributed by atoms with van der Waals surface area (Å²) in [6.07, 6.45) is 4.87. The van der Waals surface area contributed by atoms with Gasteiger partial charge in [-0.15, -0.1) is 11.3 Å². The lowest BCUT2D eigenvalue weighted by Gasteiger charge is -2.32. The monoisotopic (exact) mass is 321 g/mol. The van der Waals surface area contributed by atoms with Crippen molar-refractivity contribution < 1.29 is 14.0 Å². The number of thiazole rings is 1. The molecule has 1 unspecified atom stereocenters. The molecule has 6 heteroatoms. The molecule has 0 radical (unpaired) electrons. The van der Waals surface area contributed by atoms with Gasteiger partial charge in [0.15, 0.2) is 0 Å². The van der Waals surface area contributed by atoms with Crippen LogP contribution in [0.25, 0.3) is 0 Å². The molecule has 0 spiro atoms. The molecule has 3 aliphatic rings. The summed E-state index contributed by atoms with van der Waals surface area (Å²) in [7, 11) is -0.284. The Hall–Kier alpha value is -0.425. The van der Waals surface area contributed by atoms with Crippen molar-refractivity contribution in [1.82, 2.24) is 4.98 Å². The normalized spacial score (nSPS) is 30.2. The lowest BCUT2D eigenvalue weighted by Crippen LogP contribution is -2.41. The van der Waals surface area contributed by atoms with Gasteiger partial charge in [0.1, 0.15) is 11.1 Å². The molecule has 1 aromatic rings. The van der Waals surface area contributed by atoms with Gasteiger partial charge in [0, 0.05) is 12.5 Å². The molecule has 1 aliphatic carbocycles. The molecule has 22 heavy (non-hydrogen) atoms. The van der Waals surface area contributed by atoms with Crippen molar-refractivity contribution in [1.29, 1.82) is 0 Å². The van der Waals surface area contributed by atoms with Gasteiger partial charge in [-0.3, -0.25) is 0 Å². The highest BCUT2D eigenvalue weighted by molar-refractivity contribution is 7.22. The van der Waals surface area contributed by atoms with Gasteiger partial charge in [0.2, 0.25) is 0 Å². The minimum atomic E-state index is -0.299. The van der Waals surface area contributed by atoms with Crippen LogP contribution in [-0.2, 0) is 14.0 Å². The fourth-order valence-corrected chi connectivity index (χ4v) is 4.24. The van der Waals surface area contributed by atoms with Crippen LogP contribution >= 0.6 is 11.3 Å². The number of ether oxygens (including phenoxy) is 1. The minimum absolute atomic E-state index is 0.179. The maximum Gasteiger partial charge on any atom is 0.507 e. The van der Waals surface area contributed by atoms with Crippen LogP contribution in [0.2, 0.25) is 0 Å². The maximum absolute atomic E-state index is 6.25. The first kappa shape index (κ1) is 15.1. The van der Waals surface area contributed by atoms with E-state index in [9.17, 15) is 0 Å². The highest BCUT2D eigenvalue weighted by Gasteiger charge is 2.54. The van der Waals surface area contributed by atoms with Gasteiger partial charge in [-0.25, -0.2) is 4.98 Å². The Morgan fingerprint density at radius 1 is 1.09 bits per heavy atom. The quantitative estimate of drug-likeness (QED) is 0.802. The van der Waals surface area contributed by atoms with Gasteiger partial charge in [0.05, 0.1) is 21.7 Å². The van der Waals surface area contributed by atoms with Crippen LogP contribution in [0.1, 0.15) is 76.1 Å². The zero-order chi connectivity index (χ0) is 15.5. The number of rotatable bonds is 3. The first-order valence-electron chi connectivity index (χ1n) is 8.35. The smallest absolute Gasteiger partial charge is 0.399 e. The van der Waals surface area contributed by atoms with Gasteiger partial charge in [-0.05, 0) is 53.4 Å². The minimum Gasteiger partial charge on any atom is -0.399 e. The lowest BCUT2D eigenvalue weighted by molar-refractivity contribution is 0.00578. The molecule has 1 saturated carbocycles. The van der Waals surface area contributed by atoms with Crippen LogP contribution in [0.5, 0.6) is 0 Å². The van der Waals surface area contributed by atoms with E-state index >= 15 is 0 Å². The summed E-state index contributed by atoms with van der Waals surface area (Å²) in [5, 5.41) is 1.11. The van der Waals surface area contributed by atoms with Gasteiger partial charge < -0.3 is 14.0 Å². The molecule has 120 valence electrons. The molecular weight excluding hydrogens is 297 g/mol. The van der Waals surface area contributed by atoms with Crippen LogP contribution in [-0.4, -0.2) is 29.9 Å². The second kappa shape index (κ2) is 5.03. The van der Waals surface area contributed by atoms with E-state index in [1.54, 1.807) is 11.3 Å². The van der Waals surface area contributed by atoms with Crippen molar-refractivity contribution in [3.63, 3.8) is 0 Å². The molecule has 3 heterocycles. The number of nitrogens with zero attached hydrogens (tertiary/aromatic N) is 1. The number of hydrogen-bond donors (Lipinski definition) is 0. The Labute approximate surface area is 136 Å². The van der Waals surface area contributed by atoms with Crippen molar-refractivity contribution in [2.24, 2.45) is 0 Å². The van der Waals surface area contributed by atoms with Crippen LogP contribution in [0.15, 0.2) is 0 Å². The van der Waals surface area contributed by atoms with Crippen LogP contribution in [0, 0.1) is 0 Å². The summed E-state index contributed by atoms with van der Waals surface area (Å²) in [5.74, 6) is 0.598. The van der Waals surface area contributed by atoms with E-state index in [2.05, 4.69) is 27.7 Å². The van der Waals surface area contributed by atoms with E-state index in [-0.39, 0.29) is 24.4 Å². The summed E-state index contributed by atoms with van der Waals surface area (Å²) >= 11 is 1.74. The Morgan fingerprint density at radius 3 is 2.32 bits per heavy atom. The molecular formula is C16H24BNO3S. The van der Waals surface area contributed by atoms with Gasteiger partial charge in [-0.2, -0.15) is 0 Å². The lowest BCUT2D eigenvalue weighted by atomic mass is 9.85. The molecule has 0 amide bonds. The summed E-state index contributed by atoms with van der Waals surface area (Å²) in [6, 6.07) is 0. The summed E-state index contributed by atoms with van der Waals surface area (Å²) in [5.41, 5.74) is 0.605. The highest BCUT2D eigenvalue weighted by Crippen LogP contribution is 2.43. The Morgan fingerprint density at radius 2 is 1.77 bits per heavy atom. The predicted molar refractivity (Wildman–Crippen MR) is 87.7 cm³/mol. The average Bonchev–Trinajstić information content (AvgIpc) is 2.89. The standard InChI is InChI=1S/C16H24BNO3S/c1-15(2)16(3,4)21-17(20-15)13-12(10-7-8-10)18-14(22-13)11-6-5-9-19-11/h10-11H,5-9H2,1-4H3. The van der Waals surface area contributed by atoms with Crippen molar-refractivity contribution >= 4 is 23.2 Å². The Bertz CT molecular complexity index is 560. The second-order valence-electron chi connectivity index (χ2n) is 7.67. The van der Waals surface area contributed by atoms with Crippen molar-refractivity contribution in [3.05, 3.63) is 10.7 Å². The molecule has 1 atom stereocenters. The predicted octanol–water partition coefficient (Wildman–Crippen LogP) is 3.17. The molecule has 4 rings (SSSR count). The molecule has 0 N–H and O–H groups in total. The molecule has 1 aromatic heterocycles. The first-order valence-corrected chi connectivity index (χ1v) is 9.17. The number of aromatic nitrogens is 1. The fourth-order valence-electron chi connectivity index (χ4n) is 3.04. The maximum atomic E-state index is 6.25. The van der Waals surface area contributed by atoms with Crippen LogP contribution in [0.4, 0.5) is 0 Å². The van der Waals surface area contributed by atoms with E-state index in [1.165, 1.54) is 23.3 Å². The van der Waals surface area contributed by atoms with Crippen LogP contribution < -0.4 is 4.78 Å². The van der Waals surface area contributed by atoms with E-state index in [0.717, 1.165) is 24.5 Å². The summed E-state index contributed by atoms with van der Waals surface area (Å²) in [6.45, 7) is 9.27. The van der Waals surface area contributed by atoms with E-state index in [0.29, 0.717) is 5.92 Å². The third-order valence-corrected chi connectivity index (χ3v) is 6.52. The Balaban J connectivity index is 1.66. The van der Waals surface area contributed by atoms with Crippen LogP contribution in [0.3, 0.4) is 0 Å².